The second-order valence-electron chi connectivity index (χ2n) is 7.54. The number of carbonyl (C=O) groups is 1. The average molecular weight is 354 g/mol. The van der Waals surface area contributed by atoms with E-state index in [0.29, 0.717) is 11.8 Å². The minimum Gasteiger partial charge on any atom is -0.341 e. The van der Waals surface area contributed by atoms with Gasteiger partial charge in [-0.25, -0.2) is 9.97 Å². The van der Waals surface area contributed by atoms with Crippen molar-refractivity contribution in [2.45, 2.75) is 32.1 Å². The van der Waals surface area contributed by atoms with Gasteiger partial charge in [-0.15, -0.1) is 11.3 Å². The summed E-state index contributed by atoms with van der Waals surface area (Å²) in [5.74, 6) is 1.95. The maximum absolute atomic E-state index is 12.8. The number of hydrogen-bond acceptors (Lipinski definition) is 5. The van der Waals surface area contributed by atoms with Crippen LogP contribution in [-0.2, 0) is 6.42 Å². The number of amides is 1. The number of nitrogens with zero attached hydrogens (tertiary/aromatic N) is 4. The number of aryl methyl sites for hydroxylation is 1. The Morgan fingerprint density at radius 1 is 1.28 bits per heavy atom. The van der Waals surface area contributed by atoms with E-state index in [1.807, 2.05) is 24.1 Å². The van der Waals surface area contributed by atoms with E-state index >= 15 is 0 Å². The van der Waals surface area contributed by atoms with Crippen LogP contribution in [0.2, 0.25) is 0 Å². The molecule has 2 aliphatic heterocycles. The number of thiophene rings is 1. The predicted octanol–water partition coefficient (Wildman–Crippen LogP) is 2.86. The van der Waals surface area contributed by atoms with Crippen LogP contribution < -0.4 is 4.90 Å². The molecule has 2 aromatic rings. The Morgan fingerprint density at radius 3 is 2.88 bits per heavy atom. The van der Waals surface area contributed by atoms with Crippen molar-refractivity contribution in [3.63, 3.8) is 0 Å². The van der Waals surface area contributed by atoms with Crippen LogP contribution in [0, 0.1) is 12.8 Å². The van der Waals surface area contributed by atoms with E-state index < -0.39 is 0 Å². The molecule has 0 saturated carbocycles. The summed E-state index contributed by atoms with van der Waals surface area (Å²) in [6.45, 7) is 5.81. The number of rotatable bonds is 2. The van der Waals surface area contributed by atoms with E-state index in [0.717, 1.165) is 43.4 Å². The first kappa shape index (κ1) is 15.3. The minimum absolute atomic E-state index is 0.183. The molecule has 3 aliphatic rings. The van der Waals surface area contributed by atoms with Crippen molar-refractivity contribution >= 4 is 23.2 Å². The SMILES string of the molecule is Cc1csc(C(=O)N2CC3Cc4cnc(N5CCCC5)nc4C3C2)c1. The molecule has 2 fully saturated rings. The van der Waals surface area contributed by atoms with Gasteiger partial charge in [-0.05, 0) is 54.7 Å². The molecule has 1 amide bonds. The first-order chi connectivity index (χ1) is 12.2. The number of likely N-dealkylation sites (tertiary alicyclic amines) is 1. The molecule has 0 spiro atoms. The van der Waals surface area contributed by atoms with Crippen molar-refractivity contribution in [3.8, 4) is 0 Å². The van der Waals surface area contributed by atoms with Crippen LogP contribution in [0.3, 0.4) is 0 Å². The molecule has 4 heterocycles. The third-order valence-electron chi connectivity index (χ3n) is 5.78. The molecule has 0 N–H and O–H groups in total. The van der Waals surface area contributed by atoms with Gasteiger partial charge in [0.25, 0.3) is 5.91 Å². The van der Waals surface area contributed by atoms with E-state index in [4.69, 9.17) is 4.98 Å². The number of fused-ring (bicyclic) bond motifs is 3. The average Bonchev–Trinajstić information content (AvgIpc) is 3.37. The van der Waals surface area contributed by atoms with Gasteiger partial charge in [-0.3, -0.25) is 4.79 Å². The highest BCUT2D eigenvalue weighted by atomic mass is 32.1. The Hall–Kier alpha value is -1.95. The fourth-order valence-corrected chi connectivity index (χ4v) is 5.36. The second kappa shape index (κ2) is 5.80. The fourth-order valence-electron chi connectivity index (χ4n) is 4.49. The fraction of sp³-hybridized carbons (Fsp3) is 0.526. The van der Waals surface area contributed by atoms with E-state index in [1.165, 1.54) is 29.7 Å². The van der Waals surface area contributed by atoms with Crippen molar-refractivity contribution in [1.82, 2.24) is 14.9 Å². The van der Waals surface area contributed by atoms with Crippen LogP contribution in [0.5, 0.6) is 0 Å². The predicted molar refractivity (Wildman–Crippen MR) is 98.4 cm³/mol. The maximum Gasteiger partial charge on any atom is 0.263 e. The number of anilines is 1. The molecule has 25 heavy (non-hydrogen) atoms. The highest BCUT2D eigenvalue weighted by molar-refractivity contribution is 7.12. The van der Waals surface area contributed by atoms with Crippen LogP contribution in [0.1, 0.15) is 45.3 Å². The van der Waals surface area contributed by atoms with Gasteiger partial charge in [-0.2, -0.15) is 0 Å². The van der Waals surface area contributed by atoms with Gasteiger partial charge < -0.3 is 9.80 Å². The van der Waals surface area contributed by atoms with Crippen LogP contribution in [0.15, 0.2) is 17.6 Å². The zero-order valence-electron chi connectivity index (χ0n) is 14.4. The standard InChI is InChI=1S/C19H22N4OS/c1-12-6-16(25-11-12)18(24)23-9-14-7-13-8-20-19(22-4-2-3-5-22)21-17(13)15(14)10-23/h6,8,11,14-15H,2-5,7,9-10H2,1H3. The smallest absolute Gasteiger partial charge is 0.263 e. The van der Waals surface area contributed by atoms with Gasteiger partial charge in [0.05, 0.1) is 10.6 Å². The van der Waals surface area contributed by atoms with Crippen molar-refractivity contribution < 1.29 is 4.79 Å². The molecule has 5 rings (SSSR count). The summed E-state index contributed by atoms with van der Waals surface area (Å²) < 4.78 is 0. The summed E-state index contributed by atoms with van der Waals surface area (Å²) in [4.78, 5) is 27.5. The monoisotopic (exact) mass is 354 g/mol. The summed E-state index contributed by atoms with van der Waals surface area (Å²) in [7, 11) is 0. The first-order valence-electron chi connectivity index (χ1n) is 9.14. The van der Waals surface area contributed by atoms with Crippen LogP contribution >= 0.6 is 11.3 Å². The molecule has 0 aromatic carbocycles. The molecule has 2 aromatic heterocycles. The lowest BCUT2D eigenvalue weighted by Crippen LogP contribution is -2.29. The van der Waals surface area contributed by atoms with Crippen molar-refractivity contribution in [1.29, 1.82) is 0 Å². The highest BCUT2D eigenvalue weighted by Gasteiger charge is 2.43. The molecule has 6 heteroatoms. The van der Waals surface area contributed by atoms with Crippen LogP contribution in [0.25, 0.3) is 0 Å². The summed E-state index contributed by atoms with van der Waals surface area (Å²) >= 11 is 1.55. The van der Waals surface area contributed by atoms with E-state index in [-0.39, 0.29) is 5.91 Å². The van der Waals surface area contributed by atoms with Crippen molar-refractivity contribution in [2.24, 2.45) is 5.92 Å². The third kappa shape index (κ3) is 2.54. The van der Waals surface area contributed by atoms with E-state index in [9.17, 15) is 4.79 Å². The molecular formula is C19H22N4OS. The second-order valence-corrected chi connectivity index (χ2v) is 8.46. The number of carbonyl (C=O) groups excluding carboxylic acids is 1. The Labute approximate surface area is 151 Å². The molecule has 0 bridgehead atoms. The molecule has 1 aliphatic carbocycles. The normalized spacial score (nSPS) is 24.7. The number of hydrogen-bond donors (Lipinski definition) is 0. The van der Waals surface area contributed by atoms with Gasteiger partial charge in [0.1, 0.15) is 0 Å². The molecular weight excluding hydrogens is 332 g/mol. The highest BCUT2D eigenvalue weighted by Crippen LogP contribution is 2.42. The zero-order chi connectivity index (χ0) is 17.0. The van der Waals surface area contributed by atoms with Crippen molar-refractivity contribution in [2.75, 3.05) is 31.1 Å². The van der Waals surface area contributed by atoms with Gasteiger partial charge in [0.2, 0.25) is 5.95 Å². The van der Waals surface area contributed by atoms with Crippen molar-refractivity contribution in [3.05, 3.63) is 39.3 Å². The molecule has 5 nitrogen and oxygen atoms in total. The summed E-state index contributed by atoms with van der Waals surface area (Å²) in [5.41, 5.74) is 3.65. The maximum atomic E-state index is 12.8. The van der Waals surface area contributed by atoms with E-state index in [2.05, 4.69) is 15.3 Å². The van der Waals surface area contributed by atoms with Gasteiger partial charge in [0.15, 0.2) is 0 Å². The quantitative estimate of drug-likeness (QED) is 0.832. The summed E-state index contributed by atoms with van der Waals surface area (Å²) in [5, 5.41) is 2.05. The minimum atomic E-state index is 0.183. The van der Waals surface area contributed by atoms with Crippen LogP contribution in [-0.4, -0.2) is 47.0 Å². The number of aromatic nitrogens is 2. The Kier molecular flexibility index (Phi) is 3.55. The Bertz CT molecular complexity index is 827. The van der Waals surface area contributed by atoms with E-state index in [1.54, 1.807) is 11.3 Å². The molecule has 130 valence electrons. The Morgan fingerprint density at radius 2 is 2.12 bits per heavy atom. The third-order valence-corrected chi connectivity index (χ3v) is 6.81. The summed E-state index contributed by atoms with van der Waals surface area (Å²) in [6.07, 6.45) is 5.50. The lowest BCUT2D eigenvalue weighted by atomic mass is 9.99. The van der Waals surface area contributed by atoms with Gasteiger partial charge in [-0.1, -0.05) is 0 Å². The zero-order valence-corrected chi connectivity index (χ0v) is 15.3. The lowest BCUT2D eigenvalue weighted by molar-refractivity contribution is 0.0790. The molecule has 2 unspecified atom stereocenters. The van der Waals surface area contributed by atoms with Crippen LogP contribution in [0.4, 0.5) is 5.95 Å². The van der Waals surface area contributed by atoms with Gasteiger partial charge in [0, 0.05) is 38.3 Å². The molecule has 0 radical (unpaired) electrons. The lowest BCUT2D eigenvalue weighted by Gasteiger charge is -2.18. The Balaban J connectivity index is 1.38. The largest absolute Gasteiger partial charge is 0.341 e. The van der Waals surface area contributed by atoms with Gasteiger partial charge >= 0.3 is 0 Å². The molecule has 2 atom stereocenters. The first-order valence-corrected chi connectivity index (χ1v) is 10.0. The topological polar surface area (TPSA) is 49.3 Å². The molecule has 2 saturated heterocycles. The summed E-state index contributed by atoms with van der Waals surface area (Å²) in [6, 6.07) is 2.00.